The van der Waals surface area contributed by atoms with Gasteiger partial charge in [0.1, 0.15) is 4.90 Å². The molecule has 8 heteroatoms. The van der Waals surface area contributed by atoms with Crippen molar-refractivity contribution >= 4 is 16.0 Å². The van der Waals surface area contributed by atoms with E-state index in [2.05, 4.69) is 14.9 Å². The lowest BCUT2D eigenvalue weighted by molar-refractivity contribution is 0.257. The minimum absolute atomic E-state index is 0.0850. The summed E-state index contributed by atoms with van der Waals surface area (Å²) in [6.45, 7) is 3.19. The van der Waals surface area contributed by atoms with E-state index < -0.39 is 10.0 Å². The molecule has 0 saturated carbocycles. The van der Waals surface area contributed by atoms with Gasteiger partial charge in [-0.15, -0.1) is 0 Å². The second kappa shape index (κ2) is 5.27. The predicted molar refractivity (Wildman–Crippen MR) is 74.4 cm³/mol. The summed E-state index contributed by atoms with van der Waals surface area (Å²) in [6, 6.07) is 0.349. The smallest absolute Gasteiger partial charge is 0.246 e. The molecule has 0 aliphatic carbocycles. The fourth-order valence-corrected chi connectivity index (χ4v) is 4.41. The minimum atomic E-state index is -3.51. The van der Waals surface area contributed by atoms with Gasteiger partial charge in [-0.3, -0.25) is 4.90 Å². The lowest BCUT2D eigenvalue weighted by atomic mass is 10.2. The van der Waals surface area contributed by atoms with Crippen LogP contribution in [-0.2, 0) is 10.0 Å². The second-order valence-corrected chi connectivity index (χ2v) is 7.26. The topological polar surface area (TPSA) is 92.4 Å². The van der Waals surface area contributed by atoms with Gasteiger partial charge in [0, 0.05) is 19.1 Å². The zero-order valence-electron chi connectivity index (χ0n) is 11.3. The van der Waals surface area contributed by atoms with Crippen LogP contribution in [0.5, 0.6) is 0 Å². The van der Waals surface area contributed by atoms with Gasteiger partial charge in [0.15, 0.2) is 0 Å². The summed E-state index contributed by atoms with van der Waals surface area (Å²) in [5, 5.41) is 0. The van der Waals surface area contributed by atoms with Crippen LogP contribution in [-0.4, -0.2) is 59.8 Å². The standard InChI is InChI=1S/C12H19N5O2S/c13-12-14-7-11(8-15-12)20(18,19)17-6-2-5-16-4-1-3-10(16)9-17/h7-8,10H,1-6,9H2,(H2,13,14,15). The largest absolute Gasteiger partial charge is 0.368 e. The highest BCUT2D eigenvalue weighted by molar-refractivity contribution is 7.89. The molecule has 110 valence electrons. The van der Waals surface area contributed by atoms with Gasteiger partial charge < -0.3 is 5.73 Å². The molecule has 3 rings (SSSR count). The summed E-state index contributed by atoms with van der Waals surface area (Å²) in [6.07, 6.45) is 5.67. The van der Waals surface area contributed by atoms with Gasteiger partial charge in [0.2, 0.25) is 16.0 Å². The van der Waals surface area contributed by atoms with Crippen LogP contribution in [0.1, 0.15) is 19.3 Å². The van der Waals surface area contributed by atoms with Crippen molar-refractivity contribution < 1.29 is 8.42 Å². The molecule has 2 N–H and O–H groups in total. The first kappa shape index (κ1) is 13.7. The Kier molecular flexibility index (Phi) is 3.61. The van der Waals surface area contributed by atoms with Crippen molar-refractivity contribution in [3.63, 3.8) is 0 Å². The molecule has 20 heavy (non-hydrogen) atoms. The van der Waals surface area contributed by atoms with E-state index in [-0.39, 0.29) is 10.8 Å². The molecule has 1 unspecified atom stereocenters. The number of nitrogens with two attached hydrogens (primary N) is 1. The maximum atomic E-state index is 12.6. The molecule has 0 amide bonds. The summed E-state index contributed by atoms with van der Waals surface area (Å²) < 4.78 is 26.8. The van der Waals surface area contributed by atoms with Crippen molar-refractivity contribution in [2.45, 2.75) is 30.2 Å². The molecular weight excluding hydrogens is 278 g/mol. The third-order valence-electron chi connectivity index (χ3n) is 4.05. The van der Waals surface area contributed by atoms with E-state index in [9.17, 15) is 8.42 Å². The van der Waals surface area contributed by atoms with Crippen molar-refractivity contribution in [3.05, 3.63) is 12.4 Å². The van der Waals surface area contributed by atoms with Crippen LogP contribution in [0.25, 0.3) is 0 Å². The molecule has 3 heterocycles. The first-order valence-corrected chi connectivity index (χ1v) is 8.33. The molecule has 0 aromatic carbocycles. The second-order valence-electron chi connectivity index (χ2n) is 5.33. The number of hydrogen-bond acceptors (Lipinski definition) is 6. The van der Waals surface area contributed by atoms with Crippen molar-refractivity contribution in [2.24, 2.45) is 0 Å². The monoisotopic (exact) mass is 297 g/mol. The molecule has 1 atom stereocenters. The fraction of sp³-hybridized carbons (Fsp3) is 0.667. The van der Waals surface area contributed by atoms with E-state index in [0.717, 1.165) is 32.4 Å². The Hall–Kier alpha value is -1.25. The molecule has 0 radical (unpaired) electrons. The highest BCUT2D eigenvalue weighted by Gasteiger charge is 2.34. The average molecular weight is 297 g/mol. The molecule has 0 spiro atoms. The number of anilines is 1. The van der Waals surface area contributed by atoms with Crippen LogP contribution in [0.3, 0.4) is 0 Å². The van der Waals surface area contributed by atoms with Crippen LogP contribution in [0, 0.1) is 0 Å². The van der Waals surface area contributed by atoms with Crippen molar-refractivity contribution in [2.75, 3.05) is 31.9 Å². The van der Waals surface area contributed by atoms with Gasteiger partial charge in [-0.2, -0.15) is 4.31 Å². The number of hydrogen-bond donors (Lipinski definition) is 1. The fourth-order valence-electron chi connectivity index (χ4n) is 3.00. The average Bonchev–Trinajstić information content (AvgIpc) is 2.76. The van der Waals surface area contributed by atoms with Crippen LogP contribution < -0.4 is 5.73 Å². The van der Waals surface area contributed by atoms with Crippen molar-refractivity contribution in [3.8, 4) is 0 Å². The maximum absolute atomic E-state index is 12.6. The van der Waals surface area contributed by atoms with E-state index in [4.69, 9.17) is 5.73 Å². The first-order chi connectivity index (χ1) is 9.57. The number of fused-ring (bicyclic) bond motifs is 1. The number of nitrogens with zero attached hydrogens (tertiary/aromatic N) is 4. The van der Waals surface area contributed by atoms with Crippen molar-refractivity contribution in [1.29, 1.82) is 0 Å². The maximum Gasteiger partial charge on any atom is 0.246 e. The van der Waals surface area contributed by atoms with E-state index in [1.165, 1.54) is 12.4 Å². The number of sulfonamides is 1. The summed E-state index contributed by atoms with van der Waals surface area (Å²) >= 11 is 0. The highest BCUT2D eigenvalue weighted by atomic mass is 32.2. The summed E-state index contributed by atoms with van der Waals surface area (Å²) in [5.41, 5.74) is 5.41. The lowest BCUT2D eigenvalue weighted by Gasteiger charge is -2.25. The Bertz CT molecular complexity index is 574. The van der Waals surface area contributed by atoms with Crippen molar-refractivity contribution in [1.82, 2.24) is 19.2 Å². The Morgan fingerprint density at radius 3 is 2.60 bits per heavy atom. The number of rotatable bonds is 2. The van der Waals surface area contributed by atoms with Crippen LogP contribution >= 0.6 is 0 Å². The van der Waals surface area contributed by atoms with E-state index in [0.29, 0.717) is 19.1 Å². The summed E-state index contributed by atoms with van der Waals surface area (Å²) in [4.78, 5) is 10.1. The lowest BCUT2D eigenvalue weighted by Crippen LogP contribution is -2.39. The predicted octanol–water partition coefficient (Wildman–Crippen LogP) is -0.0824. The summed E-state index contributed by atoms with van der Waals surface area (Å²) in [7, 11) is -3.51. The Morgan fingerprint density at radius 2 is 1.85 bits per heavy atom. The Labute approximate surface area is 118 Å². The first-order valence-electron chi connectivity index (χ1n) is 6.89. The quantitative estimate of drug-likeness (QED) is 0.820. The molecule has 2 aliphatic rings. The van der Waals surface area contributed by atoms with E-state index in [1.54, 1.807) is 4.31 Å². The molecule has 0 bridgehead atoms. The molecule has 1 aromatic rings. The zero-order valence-corrected chi connectivity index (χ0v) is 12.1. The normalized spacial score (nSPS) is 25.3. The molecular formula is C12H19N5O2S. The van der Waals surface area contributed by atoms with Gasteiger partial charge in [-0.1, -0.05) is 0 Å². The third-order valence-corrected chi connectivity index (χ3v) is 5.87. The van der Waals surface area contributed by atoms with Gasteiger partial charge in [0.05, 0.1) is 12.4 Å². The summed E-state index contributed by atoms with van der Waals surface area (Å²) in [5.74, 6) is 0.0850. The van der Waals surface area contributed by atoms with Gasteiger partial charge in [-0.05, 0) is 32.4 Å². The number of aromatic nitrogens is 2. The Morgan fingerprint density at radius 1 is 1.15 bits per heavy atom. The van der Waals surface area contributed by atoms with Crippen LogP contribution in [0.4, 0.5) is 5.95 Å². The van der Waals surface area contributed by atoms with Gasteiger partial charge in [0.25, 0.3) is 0 Å². The third kappa shape index (κ3) is 2.50. The van der Waals surface area contributed by atoms with Gasteiger partial charge in [-0.25, -0.2) is 18.4 Å². The molecule has 2 aliphatic heterocycles. The highest BCUT2D eigenvalue weighted by Crippen LogP contribution is 2.24. The van der Waals surface area contributed by atoms with Crippen LogP contribution in [0.15, 0.2) is 17.3 Å². The van der Waals surface area contributed by atoms with Crippen LogP contribution in [0.2, 0.25) is 0 Å². The number of nitrogen functional groups attached to an aromatic ring is 1. The Balaban J connectivity index is 1.84. The zero-order chi connectivity index (χ0) is 14.2. The molecule has 7 nitrogen and oxygen atoms in total. The van der Waals surface area contributed by atoms with E-state index >= 15 is 0 Å². The van der Waals surface area contributed by atoms with Gasteiger partial charge >= 0.3 is 0 Å². The molecule has 2 saturated heterocycles. The molecule has 2 fully saturated rings. The van der Waals surface area contributed by atoms with E-state index in [1.807, 2.05) is 0 Å². The SMILES string of the molecule is Nc1ncc(S(=O)(=O)N2CCCN3CCCC3C2)cn1. The minimum Gasteiger partial charge on any atom is -0.368 e. The molecule has 1 aromatic heterocycles.